The van der Waals surface area contributed by atoms with Gasteiger partial charge in [0, 0.05) is 12.7 Å². The predicted octanol–water partition coefficient (Wildman–Crippen LogP) is 1.23. The lowest BCUT2D eigenvalue weighted by Crippen LogP contribution is -2.35. The monoisotopic (exact) mass is 377 g/mol. The molecule has 0 fully saturated rings. The highest BCUT2D eigenvalue weighted by molar-refractivity contribution is 7.98. The van der Waals surface area contributed by atoms with E-state index in [4.69, 9.17) is 19.8 Å². The maximum Gasteiger partial charge on any atom is 0.326 e. The molecule has 1 amide bonds. The molecular formula is C17H19N3O5S. The smallest absolute Gasteiger partial charge is 0.326 e. The van der Waals surface area contributed by atoms with Crippen LogP contribution in [0.4, 0.5) is 0 Å². The van der Waals surface area contributed by atoms with Crippen LogP contribution in [-0.2, 0) is 16.1 Å². The molecule has 0 aliphatic carbocycles. The Morgan fingerprint density at radius 1 is 1.42 bits per heavy atom. The van der Waals surface area contributed by atoms with Crippen LogP contribution in [0, 0.1) is 11.3 Å². The number of hydrogen-bond acceptors (Lipinski definition) is 7. The van der Waals surface area contributed by atoms with E-state index in [-0.39, 0.29) is 18.9 Å². The van der Waals surface area contributed by atoms with Crippen molar-refractivity contribution in [3.05, 3.63) is 35.5 Å². The summed E-state index contributed by atoms with van der Waals surface area (Å²) < 4.78 is 10.5. The molecule has 1 aliphatic heterocycles. The summed E-state index contributed by atoms with van der Waals surface area (Å²) in [5.74, 6) is 0.273. The Hall–Kier alpha value is -2.86. The number of carboxylic acids is 1. The van der Waals surface area contributed by atoms with Gasteiger partial charge in [0.1, 0.15) is 17.7 Å². The SMILES string of the molecule is CSCCC(N/C=C(/C#N)C(=O)NCc1ccc2c(c1)OCO2)C(=O)O. The summed E-state index contributed by atoms with van der Waals surface area (Å²) in [6, 6.07) is 6.20. The average Bonchev–Trinajstić information content (AvgIpc) is 3.10. The second kappa shape index (κ2) is 9.58. The molecule has 1 aromatic rings. The number of carboxylic acid groups (broad SMARTS) is 1. The van der Waals surface area contributed by atoms with Gasteiger partial charge in [-0.15, -0.1) is 0 Å². The van der Waals surface area contributed by atoms with Gasteiger partial charge >= 0.3 is 5.97 Å². The van der Waals surface area contributed by atoms with Crippen molar-refractivity contribution in [3.63, 3.8) is 0 Å². The molecule has 8 nitrogen and oxygen atoms in total. The number of hydrogen-bond donors (Lipinski definition) is 3. The topological polar surface area (TPSA) is 121 Å². The van der Waals surface area contributed by atoms with Gasteiger partial charge in [-0.1, -0.05) is 6.07 Å². The highest BCUT2D eigenvalue weighted by Gasteiger charge is 2.17. The van der Waals surface area contributed by atoms with Crippen molar-refractivity contribution >= 4 is 23.6 Å². The maximum atomic E-state index is 12.1. The van der Waals surface area contributed by atoms with Crippen molar-refractivity contribution in [1.29, 1.82) is 5.26 Å². The number of carbonyl (C=O) groups excluding carboxylic acids is 1. The fourth-order valence-corrected chi connectivity index (χ4v) is 2.65. The number of nitriles is 1. The number of nitrogens with zero attached hydrogens (tertiary/aromatic N) is 1. The van der Waals surface area contributed by atoms with E-state index in [2.05, 4.69) is 10.6 Å². The number of benzene rings is 1. The zero-order chi connectivity index (χ0) is 18.9. The Balaban J connectivity index is 1.93. The van der Waals surface area contributed by atoms with Crippen molar-refractivity contribution < 1.29 is 24.2 Å². The quantitative estimate of drug-likeness (QED) is 0.434. The Morgan fingerprint density at radius 3 is 2.88 bits per heavy atom. The number of nitrogens with one attached hydrogen (secondary N) is 2. The molecule has 1 aliphatic rings. The van der Waals surface area contributed by atoms with Crippen LogP contribution in [0.1, 0.15) is 12.0 Å². The lowest BCUT2D eigenvalue weighted by Gasteiger charge is -2.12. The zero-order valence-electron chi connectivity index (χ0n) is 14.2. The summed E-state index contributed by atoms with van der Waals surface area (Å²) in [6.45, 7) is 0.364. The minimum atomic E-state index is -1.03. The Morgan fingerprint density at radius 2 is 2.19 bits per heavy atom. The van der Waals surface area contributed by atoms with Gasteiger partial charge in [0.05, 0.1) is 0 Å². The highest BCUT2D eigenvalue weighted by Crippen LogP contribution is 2.32. The first-order valence-corrected chi connectivity index (χ1v) is 9.19. The van der Waals surface area contributed by atoms with Gasteiger partial charge in [-0.2, -0.15) is 17.0 Å². The van der Waals surface area contributed by atoms with E-state index < -0.39 is 17.9 Å². The fraction of sp³-hybridized carbons (Fsp3) is 0.353. The van der Waals surface area contributed by atoms with Crippen molar-refractivity contribution in [3.8, 4) is 17.6 Å². The maximum absolute atomic E-state index is 12.1. The van der Waals surface area contributed by atoms with E-state index in [0.29, 0.717) is 23.7 Å². The van der Waals surface area contributed by atoms with E-state index in [9.17, 15) is 9.59 Å². The first-order chi connectivity index (χ1) is 12.5. The van der Waals surface area contributed by atoms with E-state index in [1.54, 1.807) is 24.3 Å². The molecule has 0 spiro atoms. The molecule has 0 bridgehead atoms. The highest BCUT2D eigenvalue weighted by atomic mass is 32.2. The molecule has 9 heteroatoms. The van der Waals surface area contributed by atoms with Crippen LogP contribution in [0.5, 0.6) is 11.5 Å². The van der Waals surface area contributed by atoms with E-state index >= 15 is 0 Å². The first-order valence-electron chi connectivity index (χ1n) is 7.80. The summed E-state index contributed by atoms with van der Waals surface area (Å²) in [5.41, 5.74) is 0.595. The lowest BCUT2D eigenvalue weighted by atomic mass is 10.2. The Kier molecular flexibility index (Phi) is 7.17. The lowest BCUT2D eigenvalue weighted by molar-refractivity contribution is -0.139. The van der Waals surface area contributed by atoms with Crippen molar-refractivity contribution in [2.45, 2.75) is 19.0 Å². The average molecular weight is 377 g/mol. The first kappa shape index (κ1) is 19.5. The summed E-state index contributed by atoms with van der Waals surface area (Å²) in [6.07, 6.45) is 3.40. The van der Waals surface area contributed by atoms with Gasteiger partial charge in [-0.3, -0.25) is 4.79 Å². The van der Waals surface area contributed by atoms with Gasteiger partial charge in [0.2, 0.25) is 6.79 Å². The summed E-state index contributed by atoms with van der Waals surface area (Å²) >= 11 is 1.52. The van der Waals surface area contributed by atoms with Crippen LogP contribution in [0.15, 0.2) is 30.0 Å². The van der Waals surface area contributed by atoms with E-state index in [0.717, 1.165) is 11.8 Å². The molecule has 1 heterocycles. The number of carbonyl (C=O) groups is 2. The molecule has 2 rings (SSSR count). The molecule has 0 radical (unpaired) electrons. The normalized spacial score (nSPS) is 13.6. The van der Waals surface area contributed by atoms with Crippen molar-refractivity contribution in [2.75, 3.05) is 18.8 Å². The molecule has 26 heavy (non-hydrogen) atoms. The molecule has 1 aromatic carbocycles. The van der Waals surface area contributed by atoms with Gasteiger partial charge in [0.25, 0.3) is 5.91 Å². The molecular weight excluding hydrogens is 358 g/mol. The fourth-order valence-electron chi connectivity index (χ4n) is 2.17. The molecule has 138 valence electrons. The van der Waals surface area contributed by atoms with Crippen LogP contribution in [-0.4, -0.2) is 41.8 Å². The van der Waals surface area contributed by atoms with Crippen molar-refractivity contribution in [1.82, 2.24) is 10.6 Å². The molecule has 1 atom stereocenters. The summed E-state index contributed by atoms with van der Waals surface area (Å²) in [4.78, 5) is 23.3. The number of thioether (sulfide) groups is 1. The molecule has 0 saturated carbocycles. The van der Waals surface area contributed by atoms with Gasteiger partial charge < -0.3 is 25.2 Å². The van der Waals surface area contributed by atoms with Gasteiger partial charge in [-0.05, 0) is 36.1 Å². The number of amides is 1. The van der Waals surface area contributed by atoms with Crippen LogP contribution >= 0.6 is 11.8 Å². The summed E-state index contributed by atoms with van der Waals surface area (Å²) in [7, 11) is 0. The Labute approximate surface area is 155 Å². The second-order valence-corrected chi connectivity index (χ2v) is 6.36. The molecule has 1 unspecified atom stereocenters. The zero-order valence-corrected chi connectivity index (χ0v) is 15.0. The third-order valence-corrected chi connectivity index (χ3v) is 4.24. The number of ether oxygens (including phenoxy) is 2. The van der Waals surface area contributed by atoms with Crippen LogP contribution in [0.3, 0.4) is 0 Å². The summed E-state index contributed by atoms with van der Waals surface area (Å²) in [5, 5.41) is 23.5. The number of rotatable bonds is 9. The Bertz CT molecular complexity index is 744. The third kappa shape index (κ3) is 5.32. The van der Waals surface area contributed by atoms with Gasteiger partial charge in [-0.25, -0.2) is 4.79 Å². The number of aliphatic carboxylic acids is 1. The largest absolute Gasteiger partial charge is 0.480 e. The number of fused-ring (bicyclic) bond motifs is 1. The van der Waals surface area contributed by atoms with Crippen LogP contribution in [0.2, 0.25) is 0 Å². The van der Waals surface area contributed by atoms with E-state index in [1.807, 2.05) is 6.26 Å². The standard InChI is InChI=1S/C17H19N3O5S/c1-26-5-4-13(17(22)23)19-9-12(7-18)16(21)20-8-11-2-3-14-15(6-11)25-10-24-14/h2-3,6,9,13,19H,4-5,8,10H2,1H3,(H,20,21)(H,22,23)/b12-9-. The van der Waals surface area contributed by atoms with Crippen LogP contribution < -0.4 is 20.1 Å². The minimum Gasteiger partial charge on any atom is -0.480 e. The van der Waals surface area contributed by atoms with Gasteiger partial charge in [0.15, 0.2) is 11.5 Å². The molecule has 0 saturated heterocycles. The minimum absolute atomic E-state index is 0.166. The third-order valence-electron chi connectivity index (χ3n) is 3.59. The second-order valence-electron chi connectivity index (χ2n) is 5.38. The molecule has 3 N–H and O–H groups in total. The van der Waals surface area contributed by atoms with Crippen molar-refractivity contribution in [2.24, 2.45) is 0 Å². The predicted molar refractivity (Wildman–Crippen MR) is 95.7 cm³/mol. The van der Waals surface area contributed by atoms with Crippen LogP contribution in [0.25, 0.3) is 0 Å². The van der Waals surface area contributed by atoms with E-state index in [1.165, 1.54) is 11.8 Å². The molecule has 0 aromatic heterocycles.